The Morgan fingerprint density at radius 1 is 1.50 bits per heavy atom. The zero-order chi connectivity index (χ0) is 9.14. The predicted octanol–water partition coefficient (Wildman–Crippen LogP) is 1.19. The molecule has 3 nitrogen and oxygen atoms in total. The van der Waals surface area contributed by atoms with Gasteiger partial charge in [0.15, 0.2) is 0 Å². The minimum absolute atomic E-state index is 0.105. The van der Waals surface area contributed by atoms with Crippen LogP contribution < -0.4 is 5.73 Å². The van der Waals surface area contributed by atoms with E-state index in [0.717, 1.165) is 0 Å². The molecule has 0 bridgehead atoms. The molecule has 1 saturated carbocycles. The van der Waals surface area contributed by atoms with Crippen molar-refractivity contribution in [1.82, 2.24) is 4.90 Å². The third-order valence-electron chi connectivity index (χ3n) is 2.96. The van der Waals surface area contributed by atoms with Gasteiger partial charge in [-0.1, -0.05) is 12.8 Å². The standard InChI is InChI=1S/C9H19N3/c1-7(9(10)11)12(2)8-5-3-4-6-8/h7-8H,3-6H2,1-2H3,(H3,10,11). The number of nitrogens with zero attached hydrogens (tertiary/aromatic N) is 1. The Morgan fingerprint density at radius 3 is 2.42 bits per heavy atom. The minimum Gasteiger partial charge on any atom is -0.386 e. The quantitative estimate of drug-likeness (QED) is 0.492. The molecule has 3 heteroatoms. The predicted molar refractivity (Wildman–Crippen MR) is 51.4 cm³/mol. The van der Waals surface area contributed by atoms with Gasteiger partial charge in [0.25, 0.3) is 0 Å². The van der Waals surface area contributed by atoms with Gasteiger partial charge in [0.05, 0.1) is 6.04 Å². The SMILES string of the molecule is CC(C(=N)N)N(C)C1CCCC1. The Labute approximate surface area is 74.4 Å². The van der Waals surface area contributed by atoms with Crippen LogP contribution in [0.1, 0.15) is 32.6 Å². The average Bonchev–Trinajstić information content (AvgIpc) is 2.53. The molecule has 0 radical (unpaired) electrons. The molecular weight excluding hydrogens is 150 g/mol. The first-order valence-corrected chi connectivity index (χ1v) is 4.68. The van der Waals surface area contributed by atoms with Crippen LogP contribution in [0.2, 0.25) is 0 Å². The molecular formula is C9H19N3. The number of hydrogen-bond acceptors (Lipinski definition) is 2. The summed E-state index contributed by atoms with van der Waals surface area (Å²) in [4.78, 5) is 2.23. The molecule has 70 valence electrons. The molecule has 1 unspecified atom stereocenters. The van der Waals surface area contributed by atoms with Crippen molar-refractivity contribution in [2.75, 3.05) is 7.05 Å². The minimum atomic E-state index is 0.105. The van der Waals surface area contributed by atoms with Gasteiger partial charge in [0, 0.05) is 6.04 Å². The highest BCUT2D eigenvalue weighted by atomic mass is 15.2. The maximum Gasteiger partial charge on any atom is 0.108 e. The first-order chi connectivity index (χ1) is 5.63. The Bertz CT molecular complexity index is 161. The van der Waals surface area contributed by atoms with Crippen molar-refractivity contribution in [1.29, 1.82) is 5.41 Å². The zero-order valence-electron chi connectivity index (χ0n) is 8.01. The van der Waals surface area contributed by atoms with Gasteiger partial charge in [-0.2, -0.15) is 0 Å². The van der Waals surface area contributed by atoms with E-state index >= 15 is 0 Å². The molecule has 12 heavy (non-hydrogen) atoms. The second-order valence-electron chi connectivity index (χ2n) is 3.74. The fraction of sp³-hybridized carbons (Fsp3) is 0.889. The van der Waals surface area contributed by atoms with E-state index in [4.69, 9.17) is 11.1 Å². The lowest BCUT2D eigenvalue weighted by molar-refractivity contribution is 0.225. The van der Waals surface area contributed by atoms with Crippen molar-refractivity contribution in [3.63, 3.8) is 0 Å². The normalized spacial score (nSPS) is 21.6. The van der Waals surface area contributed by atoms with Crippen molar-refractivity contribution in [3.8, 4) is 0 Å². The van der Waals surface area contributed by atoms with Gasteiger partial charge < -0.3 is 5.73 Å². The molecule has 0 heterocycles. The van der Waals surface area contributed by atoms with Crippen molar-refractivity contribution in [3.05, 3.63) is 0 Å². The van der Waals surface area contributed by atoms with E-state index in [0.29, 0.717) is 6.04 Å². The van der Waals surface area contributed by atoms with Crippen LogP contribution in [-0.4, -0.2) is 29.9 Å². The average molecular weight is 169 g/mol. The lowest BCUT2D eigenvalue weighted by Crippen LogP contribution is -2.44. The van der Waals surface area contributed by atoms with Gasteiger partial charge in [-0.15, -0.1) is 0 Å². The Hall–Kier alpha value is -0.570. The Morgan fingerprint density at radius 2 is 2.00 bits per heavy atom. The number of rotatable bonds is 3. The fourth-order valence-electron chi connectivity index (χ4n) is 1.85. The van der Waals surface area contributed by atoms with Crippen molar-refractivity contribution >= 4 is 5.84 Å². The lowest BCUT2D eigenvalue weighted by Gasteiger charge is -2.29. The molecule has 0 aromatic heterocycles. The highest BCUT2D eigenvalue weighted by Gasteiger charge is 2.24. The third kappa shape index (κ3) is 1.97. The van der Waals surface area contributed by atoms with Crippen LogP contribution in [0, 0.1) is 5.41 Å². The van der Waals surface area contributed by atoms with Crippen LogP contribution in [0.4, 0.5) is 0 Å². The summed E-state index contributed by atoms with van der Waals surface area (Å²) in [5, 5.41) is 7.33. The first kappa shape index (κ1) is 9.52. The number of nitrogens with two attached hydrogens (primary N) is 1. The lowest BCUT2D eigenvalue weighted by atomic mass is 10.1. The monoisotopic (exact) mass is 169 g/mol. The molecule has 1 atom stereocenters. The highest BCUT2D eigenvalue weighted by molar-refractivity contribution is 5.82. The largest absolute Gasteiger partial charge is 0.386 e. The van der Waals surface area contributed by atoms with Gasteiger partial charge in [0.1, 0.15) is 5.84 Å². The van der Waals surface area contributed by atoms with E-state index in [1.165, 1.54) is 25.7 Å². The van der Waals surface area contributed by atoms with E-state index in [1.807, 2.05) is 6.92 Å². The smallest absolute Gasteiger partial charge is 0.108 e. The second-order valence-corrected chi connectivity index (χ2v) is 3.74. The maximum absolute atomic E-state index is 7.33. The van der Waals surface area contributed by atoms with Crippen LogP contribution >= 0.6 is 0 Å². The zero-order valence-corrected chi connectivity index (χ0v) is 8.01. The van der Waals surface area contributed by atoms with Crippen LogP contribution in [0.25, 0.3) is 0 Å². The third-order valence-corrected chi connectivity index (χ3v) is 2.96. The van der Waals surface area contributed by atoms with Crippen LogP contribution in [0.15, 0.2) is 0 Å². The molecule has 0 aromatic carbocycles. The van der Waals surface area contributed by atoms with Gasteiger partial charge in [-0.3, -0.25) is 10.3 Å². The maximum atomic E-state index is 7.33. The first-order valence-electron chi connectivity index (χ1n) is 4.68. The molecule has 0 saturated heterocycles. The summed E-state index contributed by atoms with van der Waals surface area (Å²) in [6.45, 7) is 2.00. The summed E-state index contributed by atoms with van der Waals surface area (Å²) in [5.74, 6) is 0.282. The van der Waals surface area contributed by atoms with E-state index in [1.54, 1.807) is 0 Å². The highest BCUT2D eigenvalue weighted by Crippen LogP contribution is 2.23. The molecule has 1 aliphatic rings. The number of nitrogens with one attached hydrogen (secondary N) is 1. The number of likely N-dealkylation sites (N-methyl/N-ethyl adjacent to an activating group) is 1. The van der Waals surface area contributed by atoms with Crippen LogP contribution in [-0.2, 0) is 0 Å². The van der Waals surface area contributed by atoms with Crippen LogP contribution in [0.5, 0.6) is 0 Å². The second kappa shape index (κ2) is 3.90. The molecule has 1 aliphatic carbocycles. The van der Waals surface area contributed by atoms with E-state index in [2.05, 4.69) is 11.9 Å². The number of amidine groups is 1. The molecule has 0 amide bonds. The summed E-state index contributed by atoms with van der Waals surface area (Å²) in [7, 11) is 2.07. The summed E-state index contributed by atoms with van der Waals surface area (Å²) in [5.41, 5.74) is 5.45. The van der Waals surface area contributed by atoms with Crippen molar-refractivity contribution in [2.24, 2.45) is 5.73 Å². The van der Waals surface area contributed by atoms with E-state index < -0.39 is 0 Å². The number of hydrogen-bond donors (Lipinski definition) is 2. The summed E-state index contributed by atoms with van der Waals surface area (Å²) >= 11 is 0. The summed E-state index contributed by atoms with van der Waals surface area (Å²) < 4.78 is 0. The van der Waals surface area contributed by atoms with Crippen molar-refractivity contribution in [2.45, 2.75) is 44.7 Å². The molecule has 0 aromatic rings. The molecule has 3 N–H and O–H groups in total. The van der Waals surface area contributed by atoms with Gasteiger partial charge in [-0.25, -0.2) is 0 Å². The van der Waals surface area contributed by atoms with Gasteiger partial charge in [0.2, 0.25) is 0 Å². The van der Waals surface area contributed by atoms with E-state index in [9.17, 15) is 0 Å². The molecule has 1 rings (SSSR count). The summed E-state index contributed by atoms with van der Waals surface area (Å²) in [6, 6.07) is 0.761. The Balaban J connectivity index is 2.44. The van der Waals surface area contributed by atoms with E-state index in [-0.39, 0.29) is 11.9 Å². The van der Waals surface area contributed by atoms with Crippen LogP contribution in [0.3, 0.4) is 0 Å². The fourth-order valence-corrected chi connectivity index (χ4v) is 1.85. The molecule has 1 fully saturated rings. The molecule has 0 spiro atoms. The van der Waals surface area contributed by atoms with Crippen molar-refractivity contribution < 1.29 is 0 Å². The topological polar surface area (TPSA) is 53.1 Å². The summed E-state index contributed by atoms with van der Waals surface area (Å²) in [6.07, 6.45) is 5.21. The van der Waals surface area contributed by atoms with Gasteiger partial charge >= 0.3 is 0 Å². The Kier molecular flexibility index (Phi) is 3.09. The molecule has 0 aliphatic heterocycles. The van der Waals surface area contributed by atoms with Gasteiger partial charge in [-0.05, 0) is 26.8 Å².